The molecule has 7 nitrogen and oxygen atoms in total. The number of aromatic amines is 1. The Kier molecular flexibility index (Phi) is 5.54. The van der Waals surface area contributed by atoms with Crippen LogP contribution in [0.4, 0.5) is 0 Å². The SMILES string of the molecule is Cc1cc(C)n(CC(C)NC(=O)CCc2c(C)nc(=O)[nH]c2C)n1. The number of rotatable bonds is 6. The second-order valence-electron chi connectivity index (χ2n) is 6.31. The Morgan fingerprint density at radius 2 is 2.04 bits per heavy atom. The van der Waals surface area contributed by atoms with Gasteiger partial charge in [0, 0.05) is 29.5 Å². The minimum absolute atomic E-state index is 0.00796. The average Bonchev–Trinajstić information content (AvgIpc) is 2.75. The Morgan fingerprint density at radius 3 is 2.62 bits per heavy atom. The molecule has 0 fully saturated rings. The van der Waals surface area contributed by atoms with E-state index < -0.39 is 0 Å². The Labute approximate surface area is 141 Å². The number of nitrogens with one attached hydrogen (secondary N) is 2. The van der Waals surface area contributed by atoms with Gasteiger partial charge < -0.3 is 10.3 Å². The molecule has 1 amide bonds. The van der Waals surface area contributed by atoms with Gasteiger partial charge in [-0.1, -0.05) is 0 Å². The van der Waals surface area contributed by atoms with Gasteiger partial charge in [0.2, 0.25) is 5.91 Å². The van der Waals surface area contributed by atoms with E-state index in [1.165, 1.54) is 0 Å². The van der Waals surface area contributed by atoms with Crippen LogP contribution in [-0.2, 0) is 17.8 Å². The number of nitrogens with zero attached hydrogens (tertiary/aromatic N) is 3. The summed E-state index contributed by atoms with van der Waals surface area (Å²) >= 11 is 0. The van der Waals surface area contributed by atoms with E-state index in [4.69, 9.17) is 0 Å². The zero-order valence-corrected chi connectivity index (χ0v) is 14.9. The summed E-state index contributed by atoms with van der Waals surface area (Å²) in [6.07, 6.45) is 0.913. The van der Waals surface area contributed by atoms with E-state index in [9.17, 15) is 9.59 Å². The maximum Gasteiger partial charge on any atom is 0.345 e. The molecule has 0 spiro atoms. The normalized spacial score (nSPS) is 12.2. The van der Waals surface area contributed by atoms with E-state index in [1.807, 2.05) is 38.4 Å². The third-order valence-corrected chi connectivity index (χ3v) is 4.01. The van der Waals surface area contributed by atoms with Crippen LogP contribution >= 0.6 is 0 Å². The lowest BCUT2D eigenvalue weighted by Crippen LogP contribution is -2.36. The maximum atomic E-state index is 12.2. The van der Waals surface area contributed by atoms with Crippen LogP contribution < -0.4 is 11.0 Å². The summed E-state index contributed by atoms with van der Waals surface area (Å²) in [5.74, 6) is -0.0194. The molecule has 130 valence electrons. The first-order valence-electron chi connectivity index (χ1n) is 8.13. The summed E-state index contributed by atoms with van der Waals surface area (Å²) < 4.78 is 1.90. The molecule has 0 aromatic carbocycles. The van der Waals surface area contributed by atoms with Crippen molar-refractivity contribution in [2.75, 3.05) is 0 Å². The van der Waals surface area contributed by atoms with E-state index in [1.54, 1.807) is 6.92 Å². The lowest BCUT2D eigenvalue weighted by Gasteiger charge is -2.15. The smallest absolute Gasteiger partial charge is 0.345 e. The minimum Gasteiger partial charge on any atom is -0.352 e. The fraction of sp³-hybridized carbons (Fsp3) is 0.529. The molecule has 1 atom stereocenters. The molecule has 2 N–H and O–H groups in total. The van der Waals surface area contributed by atoms with Crippen LogP contribution in [0.1, 0.15) is 41.7 Å². The Bertz CT molecular complexity index is 765. The van der Waals surface area contributed by atoms with E-state index in [0.717, 1.165) is 22.6 Å². The van der Waals surface area contributed by atoms with Gasteiger partial charge in [-0.15, -0.1) is 0 Å². The number of hydrogen-bond acceptors (Lipinski definition) is 4. The van der Waals surface area contributed by atoms with Gasteiger partial charge in [-0.05, 0) is 52.7 Å². The Balaban J connectivity index is 1.89. The van der Waals surface area contributed by atoms with Crippen molar-refractivity contribution >= 4 is 5.91 Å². The number of aromatic nitrogens is 4. The molecule has 0 aliphatic heterocycles. The molecule has 0 aliphatic carbocycles. The zero-order valence-electron chi connectivity index (χ0n) is 14.9. The van der Waals surface area contributed by atoms with Gasteiger partial charge in [-0.25, -0.2) is 4.79 Å². The van der Waals surface area contributed by atoms with Crippen LogP contribution in [0, 0.1) is 27.7 Å². The molecule has 2 heterocycles. The highest BCUT2D eigenvalue weighted by atomic mass is 16.1. The van der Waals surface area contributed by atoms with Crippen molar-refractivity contribution < 1.29 is 4.79 Å². The fourth-order valence-electron chi connectivity index (χ4n) is 2.87. The highest BCUT2D eigenvalue weighted by Crippen LogP contribution is 2.10. The van der Waals surface area contributed by atoms with Crippen LogP contribution in [-0.4, -0.2) is 31.7 Å². The van der Waals surface area contributed by atoms with Crippen LogP contribution in [0.5, 0.6) is 0 Å². The average molecular weight is 331 g/mol. The quantitative estimate of drug-likeness (QED) is 0.835. The summed E-state index contributed by atoms with van der Waals surface area (Å²) in [6, 6.07) is 2.01. The van der Waals surface area contributed by atoms with Crippen molar-refractivity contribution in [2.24, 2.45) is 0 Å². The standard InChI is InChI=1S/C17H25N5O2/c1-10-8-12(3)22(21-10)9-11(2)18-16(23)7-6-15-13(4)19-17(24)20-14(15)5/h8,11H,6-7,9H2,1-5H3,(H,18,23)(H,19,20,24). The lowest BCUT2D eigenvalue weighted by atomic mass is 10.1. The lowest BCUT2D eigenvalue weighted by molar-refractivity contribution is -0.121. The fourth-order valence-corrected chi connectivity index (χ4v) is 2.87. The number of hydrogen-bond donors (Lipinski definition) is 2. The summed E-state index contributed by atoms with van der Waals surface area (Å²) in [5, 5.41) is 7.40. The first-order chi connectivity index (χ1) is 11.3. The van der Waals surface area contributed by atoms with Gasteiger partial charge in [0.1, 0.15) is 0 Å². The predicted molar refractivity (Wildman–Crippen MR) is 92.0 cm³/mol. The highest BCUT2D eigenvalue weighted by Gasteiger charge is 2.12. The number of carbonyl (C=O) groups is 1. The first-order valence-corrected chi connectivity index (χ1v) is 8.13. The first kappa shape index (κ1) is 17.9. The van der Waals surface area contributed by atoms with E-state index in [-0.39, 0.29) is 17.6 Å². The maximum absolute atomic E-state index is 12.2. The third kappa shape index (κ3) is 4.53. The van der Waals surface area contributed by atoms with Gasteiger partial charge in [0.25, 0.3) is 0 Å². The van der Waals surface area contributed by atoms with Crippen LogP contribution in [0.15, 0.2) is 10.9 Å². The summed E-state index contributed by atoms with van der Waals surface area (Å²) in [7, 11) is 0. The van der Waals surface area contributed by atoms with Gasteiger partial charge in [0.15, 0.2) is 0 Å². The van der Waals surface area contributed by atoms with Crippen LogP contribution in [0.3, 0.4) is 0 Å². The van der Waals surface area contributed by atoms with Gasteiger partial charge in [-0.2, -0.15) is 10.1 Å². The molecular weight excluding hydrogens is 306 g/mol. The van der Waals surface area contributed by atoms with Crippen molar-refractivity contribution in [1.29, 1.82) is 0 Å². The molecule has 0 bridgehead atoms. The van der Waals surface area contributed by atoms with Gasteiger partial charge in [-0.3, -0.25) is 9.48 Å². The molecule has 2 rings (SSSR count). The largest absolute Gasteiger partial charge is 0.352 e. The minimum atomic E-state index is -0.350. The topological polar surface area (TPSA) is 92.7 Å². The molecule has 2 aromatic heterocycles. The molecular formula is C17H25N5O2. The molecule has 0 saturated heterocycles. The molecule has 0 aliphatic rings. The van der Waals surface area contributed by atoms with Crippen molar-refractivity contribution in [3.8, 4) is 0 Å². The number of H-pyrrole nitrogens is 1. The molecule has 0 radical (unpaired) electrons. The summed E-state index contributed by atoms with van der Waals surface area (Å²) in [6.45, 7) is 10.2. The molecule has 0 saturated carbocycles. The van der Waals surface area contributed by atoms with Crippen molar-refractivity contribution in [1.82, 2.24) is 25.1 Å². The molecule has 24 heavy (non-hydrogen) atoms. The van der Waals surface area contributed by atoms with E-state index in [2.05, 4.69) is 20.4 Å². The number of carbonyl (C=O) groups excluding carboxylic acids is 1. The predicted octanol–water partition coefficient (Wildman–Crippen LogP) is 1.34. The molecule has 2 aromatic rings. The summed E-state index contributed by atoms with van der Waals surface area (Å²) in [5.41, 5.74) is 4.09. The second-order valence-corrected chi connectivity index (χ2v) is 6.31. The molecule has 1 unspecified atom stereocenters. The van der Waals surface area contributed by atoms with Crippen molar-refractivity contribution in [2.45, 2.75) is 60.0 Å². The monoisotopic (exact) mass is 331 g/mol. The van der Waals surface area contributed by atoms with E-state index >= 15 is 0 Å². The number of aryl methyl sites for hydroxylation is 4. The van der Waals surface area contributed by atoms with Crippen molar-refractivity contribution in [3.05, 3.63) is 44.9 Å². The van der Waals surface area contributed by atoms with Gasteiger partial charge in [0.05, 0.1) is 12.2 Å². The second kappa shape index (κ2) is 7.42. The summed E-state index contributed by atoms with van der Waals surface area (Å²) in [4.78, 5) is 30.0. The van der Waals surface area contributed by atoms with Crippen LogP contribution in [0.2, 0.25) is 0 Å². The Hall–Kier alpha value is -2.44. The zero-order chi connectivity index (χ0) is 17.9. The number of amides is 1. The van der Waals surface area contributed by atoms with Crippen molar-refractivity contribution in [3.63, 3.8) is 0 Å². The van der Waals surface area contributed by atoms with Crippen LogP contribution in [0.25, 0.3) is 0 Å². The van der Waals surface area contributed by atoms with Gasteiger partial charge >= 0.3 is 5.69 Å². The third-order valence-electron chi connectivity index (χ3n) is 4.01. The Morgan fingerprint density at radius 1 is 1.33 bits per heavy atom. The highest BCUT2D eigenvalue weighted by molar-refractivity contribution is 5.76. The molecule has 7 heteroatoms. The van der Waals surface area contributed by atoms with E-state index in [0.29, 0.717) is 25.1 Å².